The van der Waals surface area contributed by atoms with E-state index in [4.69, 9.17) is 0 Å². The second-order valence-corrected chi connectivity index (χ2v) is 4.15. The van der Waals surface area contributed by atoms with Crippen LogP contribution in [0.5, 0.6) is 11.5 Å². The molecular weight excluding hydrogens is 234 g/mol. The summed E-state index contributed by atoms with van der Waals surface area (Å²) in [6.07, 6.45) is 0.694. The van der Waals surface area contributed by atoms with E-state index in [9.17, 15) is 15.2 Å². The standard InChI is InChI=1S/C13H9NO4/c15-10-2-1-8-5-9-6-11(18-14(16)17)3-4-12(9)13(8)7-10/h1-4,6-7,15H,5H2. The van der Waals surface area contributed by atoms with Gasteiger partial charge in [0.2, 0.25) is 0 Å². The van der Waals surface area contributed by atoms with Crippen molar-refractivity contribution >= 4 is 0 Å². The summed E-state index contributed by atoms with van der Waals surface area (Å²) in [5.74, 6) is 0.433. The van der Waals surface area contributed by atoms with Gasteiger partial charge in [-0.25, -0.2) is 0 Å². The van der Waals surface area contributed by atoms with E-state index in [1.165, 1.54) is 0 Å². The average Bonchev–Trinajstić information content (AvgIpc) is 2.65. The van der Waals surface area contributed by atoms with Crippen LogP contribution in [-0.2, 0) is 6.42 Å². The van der Waals surface area contributed by atoms with E-state index in [0.717, 1.165) is 22.3 Å². The maximum Gasteiger partial charge on any atom is 0.299 e. The number of phenolic OH excluding ortho intramolecular Hbond substituents is 1. The predicted molar refractivity (Wildman–Crippen MR) is 64.0 cm³/mol. The van der Waals surface area contributed by atoms with Crippen LogP contribution in [0.1, 0.15) is 11.1 Å². The first-order valence-corrected chi connectivity index (χ1v) is 5.41. The van der Waals surface area contributed by atoms with Gasteiger partial charge < -0.3 is 5.11 Å². The van der Waals surface area contributed by atoms with Crippen LogP contribution in [0.25, 0.3) is 11.1 Å². The van der Waals surface area contributed by atoms with Crippen molar-refractivity contribution in [2.45, 2.75) is 6.42 Å². The Balaban J connectivity index is 2.05. The van der Waals surface area contributed by atoms with Gasteiger partial charge in [-0.15, -0.1) is 10.1 Å². The van der Waals surface area contributed by atoms with Gasteiger partial charge in [-0.2, -0.15) is 0 Å². The van der Waals surface area contributed by atoms with Gasteiger partial charge in [0.15, 0.2) is 0 Å². The molecule has 0 bridgehead atoms. The lowest BCUT2D eigenvalue weighted by atomic mass is 10.1. The van der Waals surface area contributed by atoms with Crippen molar-refractivity contribution in [3.63, 3.8) is 0 Å². The monoisotopic (exact) mass is 243 g/mol. The zero-order chi connectivity index (χ0) is 12.7. The van der Waals surface area contributed by atoms with E-state index in [-0.39, 0.29) is 11.5 Å². The maximum atomic E-state index is 10.3. The van der Waals surface area contributed by atoms with Gasteiger partial charge in [0.1, 0.15) is 11.5 Å². The van der Waals surface area contributed by atoms with Crippen molar-refractivity contribution in [1.29, 1.82) is 0 Å². The predicted octanol–water partition coefficient (Wildman–Crippen LogP) is 2.53. The van der Waals surface area contributed by atoms with Crippen LogP contribution in [0.3, 0.4) is 0 Å². The fourth-order valence-corrected chi connectivity index (χ4v) is 2.30. The van der Waals surface area contributed by atoms with Gasteiger partial charge in [-0.05, 0) is 52.9 Å². The molecule has 0 atom stereocenters. The summed E-state index contributed by atoms with van der Waals surface area (Å²) < 4.78 is 0. The summed E-state index contributed by atoms with van der Waals surface area (Å²) >= 11 is 0. The van der Waals surface area contributed by atoms with Crippen molar-refractivity contribution in [2.75, 3.05) is 0 Å². The minimum Gasteiger partial charge on any atom is -0.508 e. The highest BCUT2D eigenvalue weighted by Gasteiger charge is 2.19. The Labute approximate surface area is 102 Å². The third-order valence-electron chi connectivity index (χ3n) is 3.02. The van der Waals surface area contributed by atoms with E-state index < -0.39 is 5.09 Å². The Hall–Kier alpha value is -2.56. The second kappa shape index (κ2) is 3.73. The molecule has 1 aliphatic carbocycles. The molecule has 1 aliphatic rings. The van der Waals surface area contributed by atoms with Crippen LogP contribution in [0.2, 0.25) is 0 Å². The molecule has 0 fully saturated rings. The van der Waals surface area contributed by atoms with Crippen LogP contribution in [0.15, 0.2) is 36.4 Å². The highest BCUT2D eigenvalue weighted by Crippen LogP contribution is 2.39. The van der Waals surface area contributed by atoms with Crippen LogP contribution in [0.4, 0.5) is 0 Å². The van der Waals surface area contributed by atoms with Crippen molar-refractivity contribution in [3.8, 4) is 22.6 Å². The van der Waals surface area contributed by atoms with Crippen molar-refractivity contribution in [1.82, 2.24) is 0 Å². The minimum absolute atomic E-state index is 0.215. The van der Waals surface area contributed by atoms with Crippen LogP contribution < -0.4 is 4.84 Å². The Morgan fingerprint density at radius 3 is 2.72 bits per heavy atom. The molecular formula is C13H9NO4. The van der Waals surface area contributed by atoms with E-state index in [0.29, 0.717) is 6.42 Å². The molecule has 0 aromatic heterocycles. The Bertz CT molecular complexity index is 651. The van der Waals surface area contributed by atoms with Gasteiger partial charge in [0.05, 0.1) is 0 Å². The number of hydrogen-bond acceptors (Lipinski definition) is 4. The number of rotatable bonds is 2. The summed E-state index contributed by atoms with van der Waals surface area (Å²) in [5.41, 5.74) is 4.02. The van der Waals surface area contributed by atoms with E-state index >= 15 is 0 Å². The fourth-order valence-electron chi connectivity index (χ4n) is 2.30. The molecule has 3 rings (SSSR count). The molecule has 2 aromatic carbocycles. The lowest BCUT2D eigenvalue weighted by Gasteiger charge is -2.03. The quantitative estimate of drug-likeness (QED) is 0.554. The molecule has 0 aliphatic heterocycles. The molecule has 1 N–H and O–H groups in total. The van der Waals surface area contributed by atoms with Gasteiger partial charge in [0, 0.05) is 0 Å². The topological polar surface area (TPSA) is 72.6 Å². The average molecular weight is 243 g/mol. The lowest BCUT2D eigenvalue weighted by molar-refractivity contribution is -0.711. The number of hydrogen-bond donors (Lipinski definition) is 1. The van der Waals surface area contributed by atoms with Gasteiger partial charge in [0.25, 0.3) is 5.09 Å². The minimum atomic E-state index is -0.824. The summed E-state index contributed by atoms with van der Waals surface area (Å²) in [6, 6.07) is 10.2. The summed E-state index contributed by atoms with van der Waals surface area (Å²) in [5, 5.41) is 18.9. The first kappa shape index (κ1) is 10.6. The first-order valence-electron chi connectivity index (χ1n) is 5.41. The van der Waals surface area contributed by atoms with E-state index in [1.807, 2.05) is 6.07 Å². The lowest BCUT2D eigenvalue weighted by Crippen LogP contribution is -2.03. The number of aromatic hydroxyl groups is 1. The Morgan fingerprint density at radius 2 is 1.94 bits per heavy atom. The molecule has 0 radical (unpaired) electrons. The molecule has 0 unspecified atom stereocenters. The van der Waals surface area contributed by atoms with E-state index in [1.54, 1.807) is 30.3 Å². The zero-order valence-electron chi connectivity index (χ0n) is 9.29. The molecule has 18 heavy (non-hydrogen) atoms. The highest BCUT2D eigenvalue weighted by molar-refractivity contribution is 5.78. The number of fused-ring (bicyclic) bond motifs is 3. The molecule has 0 saturated heterocycles. The number of nitrogens with zero attached hydrogens (tertiary/aromatic N) is 1. The SMILES string of the molecule is O=[N+]([O-])Oc1ccc2c(c1)Cc1ccc(O)cc1-2. The third-order valence-corrected chi connectivity index (χ3v) is 3.02. The molecule has 2 aromatic rings. The largest absolute Gasteiger partial charge is 0.508 e. The van der Waals surface area contributed by atoms with Gasteiger partial charge >= 0.3 is 0 Å². The smallest absolute Gasteiger partial charge is 0.299 e. The van der Waals surface area contributed by atoms with Gasteiger partial charge in [-0.3, -0.25) is 4.84 Å². The Kier molecular flexibility index (Phi) is 2.19. The molecule has 5 heteroatoms. The van der Waals surface area contributed by atoms with Crippen molar-refractivity contribution < 1.29 is 15.0 Å². The van der Waals surface area contributed by atoms with E-state index in [2.05, 4.69) is 4.84 Å². The summed E-state index contributed by atoms with van der Waals surface area (Å²) in [6.45, 7) is 0. The number of benzene rings is 2. The molecule has 0 amide bonds. The maximum absolute atomic E-state index is 10.3. The third kappa shape index (κ3) is 1.66. The Morgan fingerprint density at radius 1 is 1.11 bits per heavy atom. The summed E-state index contributed by atoms with van der Waals surface area (Å²) in [4.78, 5) is 14.7. The highest BCUT2D eigenvalue weighted by atomic mass is 17.0. The summed E-state index contributed by atoms with van der Waals surface area (Å²) in [7, 11) is 0. The first-order chi connectivity index (χ1) is 8.63. The van der Waals surface area contributed by atoms with Crippen molar-refractivity contribution in [2.24, 2.45) is 0 Å². The van der Waals surface area contributed by atoms with Crippen LogP contribution >= 0.6 is 0 Å². The van der Waals surface area contributed by atoms with Crippen LogP contribution in [-0.4, -0.2) is 10.2 Å². The molecule has 90 valence electrons. The molecule has 5 nitrogen and oxygen atoms in total. The fraction of sp³-hybridized carbons (Fsp3) is 0.0769. The molecule has 0 heterocycles. The molecule has 0 spiro atoms. The number of phenols is 1. The normalized spacial score (nSPS) is 11.8. The van der Waals surface area contributed by atoms with Crippen molar-refractivity contribution in [3.05, 3.63) is 57.6 Å². The van der Waals surface area contributed by atoms with Crippen LogP contribution in [0, 0.1) is 10.1 Å². The second-order valence-electron chi connectivity index (χ2n) is 4.15. The van der Waals surface area contributed by atoms with Gasteiger partial charge in [-0.1, -0.05) is 12.1 Å². The zero-order valence-corrected chi connectivity index (χ0v) is 9.29. The molecule has 0 saturated carbocycles.